The lowest BCUT2D eigenvalue weighted by Gasteiger charge is -2.21. The highest BCUT2D eigenvalue weighted by Crippen LogP contribution is 2.17. The van der Waals surface area contributed by atoms with Crippen LogP contribution >= 0.6 is 0 Å². The molecule has 2 aromatic rings. The van der Waals surface area contributed by atoms with Gasteiger partial charge in [-0.1, -0.05) is 20.8 Å². The monoisotopic (exact) mass is 371 g/mol. The van der Waals surface area contributed by atoms with E-state index in [2.05, 4.69) is 26.8 Å². The van der Waals surface area contributed by atoms with Crippen LogP contribution in [-0.2, 0) is 16.1 Å². The fraction of sp³-hybridized carbons (Fsp3) is 0.571. The third kappa shape index (κ3) is 5.62. The van der Waals surface area contributed by atoms with Crippen molar-refractivity contribution in [3.63, 3.8) is 0 Å². The van der Waals surface area contributed by atoms with E-state index in [4.69, 9.17) is 0 Å². The van der Waals surface area contributed by atoms with Crippen molar-refractivity contribution in [1.82, 2.24) is 19.9 Å². The molecule has 2 aromatic heterocycles. The van der Waals surface area contributed by atoms with Gasteiger partial charge >= 0.3 is 0 Å². The van der Waals surface area contributed by atoms with E-state index >= 15 is 0 Å². The van der Waals surface area contributed by atoms with Crippen molar-refractivity contribution in [3.8, 4) is 0 Å². The molecule has 1 radical (unpaired) electrons. The van der Waals surface area contributed by atoms with Crippen molar-refractivity contribution in [2.75, 3.05) is 0 Å². The maximum atomic E-state index is 12.5. The van der Waals surface area contributed by atoms with E-state index in [1.807, 2.05) is 33.8 Å². The third-order valence-corrected chi connectivity index (χ3v) is 4.87. The Bertz CT molecular complexity index is 782. The summed E-state index contributed by atoms with van der Waals surface area (Å²) in [5.41, 5.74) is 1.96. The summed E-state index contributed by atoms with van der Waals surface area (Å²) in [5.74, 6) is 1.09. The molecule has 147 valence electrons. The first-order chi connectivity index (χ1) is 12.8. The van der Waals surface area contributed by atoms with Gasteiger partial charge in [-0.05, 0) is 45.1 Å². The molecule has 0 aliphatic heterocycles. The molecule has 6 heteroatoms. The second-order valence-electron chi connectivity index (χ2n) is 7.63. The van der Waals surface area contributed by atoms with Crippen LogP contribution in [0.4, 0.5) is 0 Å². The highest BCUT2D eigenvalue weighted by molar-refractivity contribution is 5.89. The number of rotatable bonds is 10. The average Bonchev–Trinajstić information content (AvgIpc) is 2.95. The van der Waals surface area contributed by atoms with Crippen molar-refractivity contribution < 1.29 is 9.59 Å². The predicted octanol–water partition coefficient (Wildman–Crippen LogP) is 3.48. The highest BCUT2D eigenvalue weighted by Gasteiger charge is 2.23. The van der Waals surface area contributed by atoms with E-state index in [1.165, 1.54) is 0 Å². The van der Waals surface area contributed by atoms with E-state index in [0.717, 1.165) is 36.2 Å². The SMILES string of the molecule is [CH2]CC(=O)[C@H](CC(C)C)NC(=O)C(C)CCCn1c(C)nc2cnccc21. The number of imidazole rings is 1. The molecule has 1 unspecified atom stereocenters. The van der Waals surface area contributed by atoms with Gasteiger partial charge in [0.2, 0.25) is 5.91 Å². The first-order valence-corrected chi connectivity index (χ1v) is 9.72. The summed E-state index contributed by atoms with van der Waals surface area (Å²) in [4.78, 5) is 33.2. The molecule has 1 amide bonds. The van der Waals surface area contributed by atoms with Gasteiger partial charge in [0.05, 0.1) is 17.8 Å². The standard InChI is InChI=1S/C21H31N4O2/c1-6-20(26)17(12-14(2)3)24-21(27)15(4)8-7-11-25-16(5)23-18-13-22-10-9-19(18)25/h9-10,13-15,17H,1,6-8,11-12H2,2-5H3,(H,24,27)/t15?,17-/m0/s1. The van der Waals surface area contributed by atoms with Gasteiger partial charge in [0.1, 0.15) is 11.3 Å². The zero-order valence-electron chi connectivity index (χ0n) is 16.9. The quantitative estimate of drug-likeness (QED) is 0.694. The number of hydrogen-bond donors (Lipinski definition) is 1. The number of pyridine rings is 1. The largest absolute Gasteiger partial charge is 0.346 e. The third-order valence-electron chi connectivity index (χ3n) is 4.87. The van der Waals surface area contributed by atoms with Gasteiger partial charge in [-0.3, -0.25) is 14.6 Å². The summed E-state index contributed by atoms with van der Waals surface area (Å²) in [5, 5.41) is 2.93. The number of fused-ring (bicyclic) bond motifs is 1. The van der Waals surface area contributed by atoms with Gasteiger partial charge in [0.15, 0.2) is 5.78 Å². The number of amides is 1. The lowest BCUT2D eigenvalue weighted by molar-refractivity contribution is -0.130. The number of nitrogens with one attached hydrogen (secondary N) is 1. The minimum absolute atomic E-state index is 0.00151. The van der Waals surface area contributed by atoms with Gasteiger partial charge in [-0.25, -0.2) is 4.98 Å². The van der Waals surface area contributed by atoms with Crippen LogP contribution in [0.3, 0.4) is 0 Å². The molecule has 2 rings (SSSR count). The molecule has 0 saturated heterocycles. The minimum Gasteiger partial charge on any atom is -0.346 e. The van der Waals surface area contributed by atoms with Crippen molar-refractivity contribution in [2.24, 2.45) is 11.8 Å². The molecule has 0 aromatic carbocycles. The molecular weight excluding hydrogens is 340 g/mol. The summed E-state index contributed by atoms with van der Waals surface area (Å²) in [7, 11) is 0. The Morgan fingerprint density at radius 3 is 2.70 bits per heavy atom. The lowest BCUT2D eigenvalue weighted by Crippen LogP contribution is -2.43. The first-order valence-electron chi connectivity index (χ1n) is 9.72. The summed E-state index contributed by atoms with van der Waals surface area (Å²) in [6.45, 7) is 12.5. The molecular formula is C21H31N4O2. The van der Waals surface area contributed by atoms with Gasteiger partial charge in [0, 0.05) is 25.1 Å². The van der Waals surface area contributed by atoms with Crippen LogP contribution < -0.4 is 5.32 Å². The number of aryl methyl sites for hydroxylation is 2. The lowest BCUT2D eigenvalue weighted by atomic mass is 9.97. The number of nitrogens with zero attached hydrogens (tertiary/aromatic N) is 3. The topological polar surface area (TPSA) is 76.9 Å². The van der Waals surface area contributed by atoms with E-state index in [9.17, 15) is 9.59 Å². The molecule has 0 bridgehead atoms. The summed E-state index contributed by atoms with van der Waals surface area (Å²) in [6, 6.07) is 1.54. The van der Waals surface area contributed by atoms with Crippen molar-refractivity contribution in [1.29, 1.82) is 0 Å². The highest BCUT2D eigenvalue weighted by atomic mass is 16.2. The number of carbonyl (C=O) groups is 2. The summed E-state index contributed by atoms with van der Waals surface area (Å²) < 4.78 is 2.16. The molecule has 0 saturated carbocycles. The van der Waals surface area contributed by atoms with Crippen LogP contribution in [0.2, 0.25) is 0 Å². The van der Waals surface area contributed by atoms with Crippen LogP contribution in [0.5, 0.6) is 0 Å². The van der Waals surface area contributed by atoms with Crippen molar-refractivity contribution in [2.45, 2.75) is 66.0 Å². The Hall–Kier alpha value is -2.24. The Morgan fingerprint density at radius 2 is 2.04 bits per heavy atom. The van der Waals surface area contributed by atoms with E-state index in [-0.39, 0.29) is 24.0 Å². The van der Waals surface area contributed by atoms with Crippen molar-refractivity contribution in [3.05, 3.63) is 31.2 Å². The summed E-state index contributed by atoms with van der Waals surface area (Å²) in [6.07, 6.45) is 6.01. The molecule has 1 N–H and O–H groups in total. The fourth-order valence-electron chi connectivity index (χ4n) is 3.30. The van der Waals surface area contributed by atoms with Crippen molar-refractivity contribution >= 4 is 22.7 Å². The van der Waals surface area contributed by atoms with Crippen LogP contribution in [0.15, 0.2) is 18.5 Å². The van der Waals surface area contributed by atoms with Gasteiger partial charge in [0.25, 0.3) is 0 Å². The molecule has 2 atom stereocenters. The Kier molecular flexibility index (Phi) is 7.51. The Morgan fingerprint density at radius 1 is 1.30 bits per heavy atom. The second-order valence-corrected chi connectivity index (χ2v) is 7.63. The zero-order valence-corrected chi connectivity index (χ0v) is 16.9. The maximum Gasteiger partial charge on any atom is 0.223 e. The van der Waals surface area contributed by atoms with Gasteiger partial charge in [-0.15, -0.1) is 0 Å². The number of Topliss-reactive ketones (excluding diaryl/α,β-unsaturated/α-hetero) is 1. The molecule has 27 heavy (non-hydrogen) atoms. The predicted molar refractivity (Wildman–Crippen MR) is 107 cm³/mol. The van der Waals surface area contributed by atoms with E-state index in [1.54, 1.807) is 12.4 Å². The summed E-state index contributed by atoms with van der Waals surface area (Å²) >= 11 is 0. The van der Waals surface area contributed by atoms with Crippen LogP contribution in [0.25, 0.3) is 11.0 Å². The van der Waals surface area contributed by atoms with Crippen LogP contribution in [-0.4, -0.2) is 32.3 Å². The van der Waals surface area contributed by atoms with E-state index < -0.39 is 6.04 Å². The molecule has 0 aliphatic rings. The van der Waals surface area contributed by atoms with Crippen LogP contribution in [0, 0.1) is 25.7 Å². The second kappa shape index (κ2) is 9.62. The number of hydrogen-bond acceptors (Lipinski definition) is 4. The molecule has 2 heterocycles. The van der Waals surface area contributed by atoms with Gasteiger partial charge < -0.3 is 9.88 Å². The van der Waals surface area contributed by atoms with Crippen LogP contribution in [0.1, 0.15) is 52.3 Å². The molecule has 0 aliphatic carbocycles. The van der Waals surface area contributed by atoms with E-state index in [0.29, 0.717) is 12.3 Å². The fourth-order valence-corrected chi connectivity index (χ4v) is 3.30. The zero-order chi connectivity index (χ0) is 20.0. The smallest absolute Gasteiger partial charge is 0.223 e. The Balaban J connectivity index is 1.90. The maximum absolute atomic E-state index is 12.5. The number of aromatic nitrogens is 3. The molecule has 0 fully saturated rings. The average molecular weight is 372 g/mol. The number of ketones is 1. The van der Waals surface area contributed by atoms with Gasteiger partial charge in [-0.2, -0.15) is 0 Å². The normalized spacial score (nSPS) is 13.7. The minimum atomic E-state index is -0.426. The number of carbonyl (C=O) groups excluding carboxylic acids is 2. The Labute approximate surface area is 161 Å². The molecule has 6 nitrogen and oxygen atoms in total. The molecule has 0 spiro atoms. The first kappa shape index (κ1) is 21.1.